The van der Waals surface area contributed by atoms with Crippen LogP contribution in [0.4, 0.5) is 0 Å². The molecule has 0 aromatic rings. The third-order valence-electron chi connectivity index (χ3n) is 0.471. The van der Waals surface area contributed by atoms with Gasteiger partial charge in [0.1, 0.15) is 0 Å². The maximum Gasteiger partial charge on any atom is 0 e. The summed E-state index contributed by atoms with van der Waals surface area (Å²) in [5.41, 5.74) is 0. The standard InChI is InChI=1S/C4H10O3.2K.N.2H/c5-1-3-7-4-2-6;;;;;/h5-6H,1-4H2;;;;;. The van der Waals surface area contributed by atoms with Gasteiger partial charge in [-0.15, -0.1) is 0 Å². The molecule has 10 heavy (non-hydrogen) atoms. The van der Waals surface area contributed by atoms with E-state index < -0.39 is 0 Å². The molecule has 0 bridgehead atoms. The number of aliphatic hydroxyl groups is 2. The minimum absolute atomic E-state index is 0. The molecule has 0 aromatic heterocycles. The van der Waals surface area contributed by atoms with E-state index in [1.54, 1.807) is 0 Å². The Hall–Kier alpha value is 3.11. The molecule has 0 spiro atoms. The molecule has 0 unspecified atom stereocenters. The summed E-state index contributed by atoms with van der Waals surface area (Å²) >= 11 is 0. The van der Waals surface area contributed by atoms with Gasteiger partial charge in [-0.05, 0) is 0 Å². The molecule has 53 valence electrons. The van der Waals surface area contributed by atoms with Crippen molar-refractivity contribution in [2.24, 2.45) is 0 Å². The summed E-state index contributed by atoms with van der Waals surface area (Å²) in [6.45, 7) is 0.696. The van der Waals surface area contributed by atoms with E-state index in [-0.39, 0.29) is 122 Å². The van der Waals surface area contributed by atoms with Crippen molar-refractivity contribution >= 4 is 103 Å². The van der Waals surface area contributed by atoms with Crippen LogP contribution >= 0.6 is 0 Å². The number of hydrogen-bond donors (Lipinski definition) is 2. The number of nitrogens with zero attached hydrogens (tertiary/aromatic N) is 1. The number of rotatable bonds is 4. The van der Waals surface area contributed by atoms with Crippen LogP contribution in [-0.2, 0) is 4.74 Å². The fraction of sp³-hybridized carbons (Fsp3) is 1.00. The zero-order chi connectivity index (χ0) is 5.54. The first-order valence-electron chi connectivity index (χ1n) is 2.21. The molecule has 2 N–H and O–H groups in total. The fourth-order valence-electron chi connectivity index (χ4n) is 0.231. The second-order valence-electron chi connectivity index (χ2n) is 1.06. The zero-order valence-corrected chi connectivity index (χ0v) is 4.58. The molecule has 0 aromatic carbocycles. The van der Waals surface area contributed by atoms with Crippen molar-refractivity contribution in [2.45, 2.75) is 0 Å². The van der Waals surface area contributed by atoms with Gasteiger partial charge in [-0.3, -0.25) is 0 Å². The molecule has 0 aliphatic heterocycles. The van der Waals surface area contributed by atoms with Crippen molar-refractivity contribution < 1.29 is 14.9 Å². The van der Waals surface area contributed by atoms with E-state index in [2.05, 4.69) is 4.74 Å². The predicted molar refractivity (Wildman–Crippen MR) is 41.4 cm³/mol. The third-order valence-corrected chi connectivity index (χ3v) is 0.471. The van der Waals surface area contributed by atoms with Crippen LogP contribution < -0.4 is 6.15 Å². The Balaban J connectivity index is -0.0000000600. The second-order valence-corrected chi connectivity index (χ2v) is 1.06. The normalized spacial score (nSPS) is 6.60. The van der Waals surface area contributed by atoms with Gasteiger partial charge in [-0.2, -0.15) is 0 Å². The second kappa shape index (κ2) is 22.7. The van der Waals surface area contributed by atoms with Gasteiger partial charge in [0.25, 0.3) is 0 Å². The molecule has 3 radical (unpaired) electrons. The van der Waals surface area contributed by atoms with Crippen LogP contribution in [0.15, 0.2) is 0 Å². The molecule has 0 amide bonds. The number of aliphatic hydroxyl groups excluding tert-OH is 2. The summed E-state index contributed by atoms with van der Waals surface area (Å²) in [4.78, 5) is 0. The molecule has 0 heterocycles. The maximum absolute atomic E-state index is 8.09. The smallest absolute Gasteiger partial charge is 0 e. The third kappa shape index (κ3) is 22.5. The van der Waals surface area contributed by atoms with Crippen LogP contribution in [0.2, 0.25) is 0 Å². The fourth-order valence-corrected chi connectivity index (χ4v) is 0.231. The minimum Gasteiger partial charge on any atom is 0 e. The van der Waals surface area contributed by atoms with E-state index in [1.165, 1.54) is 0 Å². The van der Waals surface area contributed by atoms with E-state index in [0.717, 1.165) is 0 Å². The van der Waals surface area contributed by atoms with Gasteiger partial charge in [0.05, 0.1) is 26.4 Å². The maximum atomic E-state index is 8.09. The van der Waals surface area contributed by atoms with Gasteiger partial charge in [0.15, 0.2) is 0 Å². The summed E-state index contributed by atoms with van der Waals surface area (Å²) in [5, 5.41) is 16.2. The van der Waals surface area contributed by atoms with Crippen molar-refractivity contribution in [3.05, 3.63) is 0 Å². The predicted octanol–water partition coefficient (Wildman–Crippen LogP) is -2.79. The first kappa shape index (κ1) is 23.2. The molecule has 0 rings (SSSR count). The van der Waals surface area contributed by atoms with Gasteiger partial charge in [-0.1, -0.05) is 0 Å². The molecular weight excluding hydrogens is 188 g/mol. The Morgan fingerprint density at radius 1 is 0.900 bits per heavy atom. The largest absolute Gasteiger partial charge is 0 e. The van der Waals surface area contributed by atoms with Crippen LogP contribution in [0, 0.1) is 0 Å². The van der Waals surface area contributed by atoms with Gasteiger partial charge in [0.2, 0.25) is 0 Å². The Morgan fingerprint density at radius 2 is 1.20 bits per heavy atom. The average Bonchev–Trinajstić information content (AvgIpc) is 1.69. The summed E-state index contributed by atoms with van der Waals surface area (Å²) in [7, 11) is 0. The van der Waals surface area contributed by atoms with Crippen LogP contribution in [0.5, 0.6) is 0 Å². The number of ether oxygens (including phenoxy) is 1. The quantitative estimate of drug-likeness (QED) is 0.380. The average molecular weight is 200 g/mol. The van der Waals surface area contributed by atoms with E-state index in [1.807, 2.05) is 0 Å². The topological polar surface area (TPSA) is 80.2 Å². The Labute approximate surface area is 147 Å². The summed E-state index contributed by atoms with van der Waals surface area (Å²) in [5.74, 6) is 0. The summed E-state index contributed by atoms with van der Waals surface area (Å²) in [6.07, 6.45) is 0. The van der Waals surface area contributed by atoms with E-state index in [4.69, 9.17) is 10.2 Å². The first-order valence-corrected chi connectivity index (χ1v) is 2.21. The van der Waals surface area contributed by atoms with Crippen LogP contribution in [0.25, 0.3) is 0 Å². The van der Waals surface area contributed by atoms with Crippen LogP contribution in [0.3, 0.4) is 0 Å². The monoisotopic (exact) mass is 200 g/mol. The molecular formula is C4H12K2NO3. The molecule has 6 heteroatoms. The van der Waals surface area contributed by atoms with E-state index >= 15 is 0 Å². The van der Waals surface area contributed by atoms with Gasteiger partial charge in [-0.25, -0.2) is 0 Å². The molecule has 0 saturated heterocycles. The molecule has 4 nitrogen and oxygen atoms in total. The Kier molecular flexibility index (Phi) is 52.7. The first-order chi connectivity index (χ1) is 3.41. The van der Waals surface area contributed by atoms with E-state index in [9.17, 15) is 0 Å². The van der Waals surface area contributed by atoms with Gasteiger partial charge in [0, 0.05) is 6.15 Å². The molecule has 0 fully saturated rings. The molecule has 0 aliphatic rings. The Morgan fingerprint density at radius 3 is 1.40 bits per heavy atom. The summed E-state index contributed by atoms with van der Waals surface area (Å²) < 4.78 is 4.63. The summed E-state index contributed by atoms with van der Waals surface area (Å²) in [6, 6.07) is 0. The van der Waals surface area contributed by atoms with Gasteiger partial charge >= 0.3 is 103 Å². The van der Waals surface area contributed by atoms with Crippen molar-refractivity contribution in [1.29, 1.82) is 0 Å². The van der Waals surface area contributed by atoms with Crippen LogP contribution in [-0.4, -0.2) is 139 Å². The zero-order valence-electron chi connectivity index (χ0n) is 4.58. The van der Waals surface area contributed by atoms with Crippen molar-refractivity contribution in [1.82, 2.24) is 6.15 Å². The SMILES string of the molecule is OCCOCCO.[KH].[KH].[N]. The van der Waals surface area contributed by atoms with E-state index in [0.29, 0.717) is 13.2 Å². The minimum atomic E-state index is 0. The van der Waals surface area contributed by atoms with Crippen molar-refractivity contribution in [3.63, 3.8) is 0 Å². The van der Waals surface area contributed by atoms with Crippen molar-refractivity contribution in [2.75, 3.05) is 26.4 Å². The molecule has 0 atom stereocenters. The van der Waals surface area contributed by atoms with Gasteiger partial charge < -0.3 is 14.9 Å². The molecule has 0 saturated carbocycles. The molecule has 0 aliphatic carbocycles. The van der Waals surface area contributed by atoms with Crippen LogP contribution in [0.1, 0.15) is 0 Å². The van der Waals surface area contributed by atoms with Crippen molar-refractivity contribution in [3.8, 4) is 0 Å². The number of hydrogen-bond acceptors (Lipinski definition) is 3. The Bertz CT molecular complexity index is 37.7.